The topological polar surface area (TPSA) is 86.5 Å². The highest BCUT2D eigenvalue weighted by Crippen LogP contribution is 2.16. The summed E-state index contributed by atoms with van der Waals surface area (Å²) in [6.45, 7) is 2.05. The fraction of sp³-hybridized carbons (Fsp3) is 0.267. The van der Waals surface area contributed by atoms with Crippen molar-refractivity contribution < 1.29 is 13.6 Å². The first kappa shape index (κ1) is 15.1. The molecule has 0 fully saturated rings. The van der Waals surface area contributed by atoms with Gasteiger partial charge in [-0.1, -0.05) is 0 Å². The number of aromatic amines is 2. The summed E-state index contributed by atoms with van der Waals surface area (Å²) in [5.41, 5.74) is 1.65. The van der Waals surface area contributed by atoms with Crippen molar-refractivity contribution in [2.75, 3.05) is 0 Å². The molecule has 6 nitrogen and oxygen atoms in total. The molecule has 1 aromatic carbocycles. The Morgan fingerprint density at radius 1 is 1.22 bits per heavy atom. The molecule has 8 heteroatoms. The van der Waals surface area contributed by atoms with E-state index in [-0.39, 0.29) is 18.9 Å². The number of rotatable bonds is 5. The van der Waals surface area contributed by atoms with Gasteiger partial charge in [-0.05, 0) is 6.92 Å². The molecule has 0 aliphatic rings. The summed E-state index contributed by atoms with van der Waals surface area (Å²) in [4.78, 5) is 25.9. The molecule has 2 aromatic heterocycles. The van der Waals surface area contributed by atoms with E-state index in [2.05, 4.69) is 25.3 Å². The van der Waals surface area contributed by atoms with Crippen LogP contribution >= 0.6 is 0 Å². The summed E-state index contributed by atoms with van der Waals surface area (Å²) in [5.74, 6) is -0.852. The molecule has 0 radical (unpaired) electrons. The highest BCUT2D eigenvalue weighted by atomic mass is 19.2. The van der Waals surface area contributed by atoms with Crippen LogP contribution in [0.3, 0.4) is 0 Å². The largest absolute Gasteiger partial charge is 0.349 e. The first-order valence-electron chi connectivity index (χ1n) is 7.12. The summed E-state index contributed by atoms with van der Waals surface area (Å²) in [6.07, 6.45) is 2.51. The predicted octanol–water partition coefficient (Wildman–Crippen LogP) is 2.12. The Balaban J connectivity index is 1.56. The van der Waals surface area contributed by atoms with Gasteiger partial charge >= 0.3 is 0 Å². The van der Waals surface area contributed by atoms with Gasteiger partial charge in [0.25, 0.3) is 0 Å². The molecule has 120 valence electrons. The fourth-order valence-corrected chi connectivity index (χ4v) is 2.24. The van der Waals surface area contributed by atoms with Crippen LogP contribution in [-0.2, 0) is 17.8 Å². The van der Waals surface area contributed by atoms with Crippen LogP contribution in [0.4, 0.5) is 8.78 Å². The molecule has 0 atom stereocenters. The van der Waals surface area contributed by atoms with Crippen molar-refractivity contribution in [1.29, 1.82) is 0 Å². The highest BCUT2D eigenvalue weighted by molar-refractivity contribution is 5.77. The highest BCUT2D eigenvalue weighted by Gasteiger charge is 2.10. The van der Waals surface area contributed by atoms with E-state index in [1.165, 1.54) is 0 Å². The lowest BCUT2D eigenvalue weighted by Gasteiger charge is -2.02. The van der Waals surface area contributed by atoms with Gasteiger partial charge in [-0.25, -0.2) is 18.7 Å². The molecule has 2 heterocycles. The summed E-state index contributed by atoms with van der Waals surface area (Å²) in [6, 6.07) is 2.06. The first-order valence-corrected chi connectivity index (χ1v) is 7.12. The van der Waals surface area contributed by atoms with Crippen LogP contribution in [0.1, 0.15) is 23.8 Å². The minimum Gasteiger partial charge on any atom is -0.349 e. The zero-order chi connectivity index (χ0) is 16.4. The molecule has 23 heavy (non-hydrogen) atoms. The van der Waals surface area contributed by atoms with E-state index in [0.717, 1.165) is 23.7 Å². The van der Waals surface area contributed by atoms with Crippen LogP contribution in [0, 0.1) is 18.6 Å². The zero-order valence-electron chi connectivity index (χ0n) is 12.4. The maximum Gasteiger partial charge on any atom is 0.220 e. The monoisotopic (exact) mass is 319 g/mol. The molecule has 0 aliphatic heterocycles. The number of amides is 1. The van der Waals surface area contributed by atoms with Crippen molar-refractivity contribution in [1.82, 2.24) is 25.3 Å². The Bertz CT molecular complexity index is 816. The number of hydrogen-bond acceptors (Lipinski definition) is 3. The number of benzene rings is 1. The predicted molar refractivity (Wildman–Crippen MR) is 79.5 cm³/mol. The second kappa shape index (κ2) is 6.15. The van der Waals surface area contributed by atoms with Gasteiger partial charge < -0.3 is 15.3 Å². The van der Waals surface area contributed by atoms with E-state index in [1.807, 2.05) is 6.92 Å². The van der Waals surface area contributed by atoms with E-state index >= 15 is 0 Å². The lowest BCUT2D eigenvalue weighted by molar-refractivity contribution is -0.121. The standard InChI is InChI=1S/C15H15F2N5O/c1-8-6-18-13(20-8)2-3-15(23)19-7-14-21-11-4-9(16)10(17)5-12(11)22-14/h4-6H,2-3,7H2,1H3,(H,18,20)(H,19,23)(H,21,22). The first-order chi connectivity index (χ1) is 11.0. The van der Waals surface area contributed by atoms with E-state index in [1.54, 1.807) is 6.20 Å². The van der Waals surface area contributed by atoms with Crippen molar-refractivity contribution in [3.8, 4) is 0 Å². The summed E-state index contributed by atoms with van der Waals surface area (Å²) in [7, 11) is 0. The van der Waals surface area contributed by atoms with Crippen LogP contribution in [-0.4, -0.2) is 25.8 Å². The van der Waals surface area contributed by atoms with E-state index < -0.39 is 11.6 Å². The Morgan fingerprint density at radius 2 is 2.00 bits per heavy atom. The number of nitrogens with one attached hydrogen (secondary N) is 3. The second-order valence-electron chi connectivity index (χ2n) is 5.26. The molecule has 0 spiro atoms. The number of carbonyl (C=O) groups excluding carboxylic acids is 1. The van der Waals surface area contributed by atoms with Gasteiger partial charge in [-0.3, -0.25) is 4.79 Å². The minimum atomic E-state index is -0.951. The van der Waals surface area contributed by atoms with Gasteiger partial charge in [-0.15, -0.1) is 0 Å². The number of halogens is 2. The Hall–Kier alpha value is -2.77. The lowest BCUT2D eigenvalue weighted by atomic mass is 10.3. The van der Waals surface area contributed by atoms with Gasteiger partial charge in [0.05, 0.1) is 17.6 Å². The van der Waals surface area contributed by atoms with Crippen molar-refractivity contribution in [2.24, 2.45) is 0 Å². The number of aryl methyl sites for hydroxylation is 2. The third-order valence-corrected chi connectivity index (χ3v) is 3.37. The molecule has 3 rings (SSSR count). The van der Waals surface area contributed by atoms with E-state index in [0.29, 0.717) is 23.3 Å². The number of carbonyl (C=O) groups is 1. The number of H-pyrrole nitrogens is 2. The molecule has 0 bridgehead atoms. The van der Waals surface area contributed by atoms with Gasteiger partial charge in [0.15, 0.2) is 11.6 Å². The van der Waals surface area contributed by atoms with Crippen molar-refractivity contribution in [3.63, 3.8) is 0 Å². The Morgan fingerprint density at radius 3 is 2.74 bits per heavy atom. The zero-order valence-corrected chi connectivity index (χ0v) is 12.4. The smallest absolute Gasteiger partial charge is 0.220 e. The molecule has 0 unspecified atom stereocenters. The van der Waals surface area contributed by atoms with E-state index in [4.69, 9.17) is 0 Å². The van der Waals surface area contributed by atoms with Gasteiger partial charge in [-0.2, -0.15) is 0 Å². The summed E-state index contributed by atoms with van der Waals surface area (Å²) >= 11 is 0. The molecule has 3 N–H and O–H groups in total. The maximum atomic E-state index is 13.1. The Labute approximate surface area is 130 Å². The normalized spacial score (nSPS) is 11.1. The third-order valence-electron chi connectivity index (χ3n) is 3.37. The molecule has 0 saturated carbocycles. The van der Waals surface area contributed by atoms with Gasteiger partial charge in [0, 0.05) is 36.9 Å². The van der Waals surface area contributed by atoms with Gasteiger partial charge in [0.1, 0.15) is 11.6 Å². The molecule has 1 amide bonds. The summed E-state index contributed by atoms with van der Waals surface area (Å²) < 4.78 is 26.3. The van der Waals surface area contributed by atoms with Crippen LogP contribution < -0.4 is 5.32 Å². The van der Waals surface area contributed by atoms with Crippen LogP contribution in [0.15, 0.2) is 18.3 Å². The maximum absolute atomic E-state index is 13.1. The molecular formula is C15H15F2N5O. The number of hydrogen-bond donors (Lipinski definition) is 3. The van der Waals surface area contributed by atoms with Gasteiger partial charge in [0.2, 0.25) is 5.91 Å². The average molecular weight is 319 g/mol. The molecular weight excluding hydrogens is 304 g/mol. The van der Waals surface area contributed by atoms with Crippen molar-refractivity contribution in [3.05, 3.63) is 47.3 Å². The number of nitrogens with zero attached hydrogens (tertiary/aromatic N) is 2. The lowest BCUT2D eigenvalue weighted by Crippen LogP contribution is -2.23. The van der Waals surface area contributed by atoms with Crippen LogP contribution in [0.25, 0.3) is 11.0 Å². The SMILES string of the molecule is Cc1cnc(CCC(=O)NCc2nc3cc(F)c(F)cc3[nH]2)[nH]1. The number of fused-ring (bicyclic) bond motifs is 1. The minimum absolute atomic E-state index is 0.156. The van der Waals surface area contributed by atoms with Crippen LogP contribution in [0.5, 0.6) is 0 Å². The van der Waals surface area contributed by atoms with E-state index in [9.17, 15) is 13.6 Å². The van der Waals surface area contributed by atoms with Crippen molar-refractivity contribution in [2.45, 2.75) is 26.3 Å². The molecule has 0 aliphatic carbocycles. The van der Waals surface area contributed by atoms with Crippen LogP contribution in [0.2, 0.25) is 0 Å². The Kier molecular flexibility index (Phi) is 4.05. The molecule has 0 saturated heterocycles. The fourth-order valence-electron chi connectivity index (χ4n) is 2.24. The molecule has 3 aromatic rings. The number of imidazole rings is 2. The number of aromatic nitrogens is 4. The second-order valence-corrected chi connectivity index (χ2v) is 5.26. The quantitative estimate of drug-likeness (QED) is 0.673. The summed E-state index contributed by atoms with van der Waals surface area (Å²) in [5, 5.41) is 2.70. The third kappa shape index (κ3) is 3.53. The van der Waals surface area contributed by atoms with Crippen molar-refractivity contribution >= 4 is 16.9 Å². The average Bonchev–Trinajstić information content (AvgIpc) is 3.09.